The van der Waals surface area contributed by atoms with E-state index in [4.69, 9.17) is 0 Å². The quantitative estimate of drug-likeness (QED) is 0.688. The molecule has 116 valence electrons. The van der Waals surface area contributed by atoms with Gasteiger partial charge in [0.05, 0.1) is 5.52 Å². The van der Waals surface area contributed by atoms with Gasteiger partial charge in [0.1, 0.15) is 5.82 Å². The number of nitrogens with one attached hydrogen (secondary N) is 3. The van der Waals surface area contributed by atoms with Crippen LogP contribution in [0.4, 0.5) is 23.1 Å². The van der Waals surface area contributed by atoms with Crippen LogP contribution >= 0.6 is 0 Å². The van der Waals surface area contributed by atoms with Crippen molar-refractivity contribution in [3.05, 3.63) is 48.5 Å². The molecular weight excluding hydrogens is 290 g/mol. The second-order valence-electron chi connectivity index (χ2n) is 5.05. The maximum Gasteiger partial charge on any atom is 0.229 e. The number of nitrogens with zero attached hydrogens (tertiary/aromatic N) is 2. The molecule has 3 aromatic rings. The van der Waals surface area contributed by atoms with Crippen molar-refractivity contribution < 1.29 is 4.79 Å². The largest absolute Gasteiger partial charge is 0.372 e. The summed E-state index contributed by atoms with van der Waals surface area (Å²) in [5.74, 6) is 1.14. The Hall–Kier alpha value is -3.15. The van der Waals surface area contributed by atoms with Crippen LogP contribution in [0.2, 0.25) is 0 Å². The van der Waals surface area contributed by atoms with Crippen molar-refractivity contribution >= 4 is 40.0 Å². The Morgan fingerprint density at radius 2 is 1.78 bits per heavy atom. The molecule has 23 heavy (non-hydrogen) atoms. The number of hydrogen-bond acceptors (Lipinski definition) is 5. The molecule has 0 bridgehead atoms. The van der Waals surface area contributed by atoms with E-state index < -0.39 is 0 Å². The molecular formula is C17H17N5O. The van der Waals surface area contributed by atoms with Crippen molar-refractivity contribution in [3.63, 3.8) is 0 Å². The van der Waals surface area contributed by atoms with Crippen LogP contribution in [0.1, 0.15) is 6.92 Å². The highest BCUT2D eigenvalue weighted by molar-refractivity contribution is 5.91. The standard InChI is InChI=1S/C17H17N5O/c1-11(23)19-12-6-5-7-13(10-12)20-17-21-15-9-4-3-8-14(15)16(18-2)22-17/h3-10H,1-2H3,(H,19,23)(H2,18,20,21,22). The maximum atomic E-state index is 11.1. The summed E-state index contributed by atoms with van der Waals surface area (Å²) in [6, 6.07) is 15.2. The predicted octanol–water partition coefficient (Wildman–Crippen LogP) is 3.37. The molecule has 0 aliphatic heterocycles. The summed E-state index contributed by atoms with van der Waals surface area (Å²) in [6.45, 7) is 1.48. The van der Waals surface area contributed by atoms with E-state index >= 15 is 0 Å². The summed E-state index contributed by atoms with van der Waals surface area (Å²) >= 11 is 0. The Labute approximate surface area is 134 Å². The lowest BCUT2D eigenvalue weighted by atomic mass is 10.2. The number of hydrogen-bond donors (Lipinski definition) is 3. The number of benzene rings is 2. The van der Waals surface area contributed by atoms with Gasteiger partial charge in [0, 0.05) is 30.7 Å². The van der Waals surface area contributed by atoms with Crippen molar-refractivity contribution in [1.29, 1.82) is 0 Å². The molecule has 0 saturated carbocycles. The SMILES string of the molecule is CNc1nc(Nc2cccc(NC(C)=O)c2)nc2ccccc12. The zero-order valence-electron chi connectivity index (χ0n) is 12.9. The second-order valence-corrected chi connectivity index (χ2v) is 5.05. The highest BCUT2D eigenvalue weighted by Gasteiger charge is 2.07. The van der Waals surface area contributed by atoms with E-state index in [0.29, 0.717) is 5.95 Å². The third kappa shape index (κ3) is 3.37. The first-order chi connectivity index (χ1) is 11.2. The van der Waals surface area contributed by atoms with Gasteiger partial charge in [0.2, 0.25) is 11.9 Å². The summed E-state index contributed by atoms with van der Waals surface area (Å²) in [5, 5.41) is 9.97. The fourth-order valence-electron chi connectivity index (χ4n) is 2.33. The van der Waals surface area contributed by atoms with Crippen molar-refractivity contribution in [3.8, 4) is 0 Å². The lowest BCUT2D eigenvalue weighted by Gasteiger charge is -2.10. The van der Waals surface area contributed by atoms with Gasteiger partial charge in [0.15, 0.2) is 0 Å². The van der Waals surface area contributed by atoms with Gasteiger partial charge in [-0.2, -0.15) is 4.98 Å². The maximum absolute atomic E-state index is 11.1. The zero-order valence-corrected chi connectivity index (χ0v) is 12.9. The molecule has 0 aliphatic rings. The summed E-state index contributed by atoms with van der Waals surface area (Å²) in [5.41, 5.74) is 2.37. The lowest BCUT2D eigenvalue weighted by molar-refractivity contribution is -0.114. The molecule has 3 rings (SSSR count). The van der Waals surface area contributed by atoms with E-state index in [9.17, 15) is 4.79 Å². The van der Waals surface area contributed by atoms with E-state index in [2.05, 4.69) is 25.9 Å². The molecule has 0 aliphatic carbocycles. The van der Waals surface area contributed by atoms with Gasteiger partial charge in [-0.1, -0.05) is 18.2 Å². The molecule has 1 aromatic heterocycles. The monoisotopic (exact) mass is 307 g/mol. The summed E-state index contributed by atoms with van der Waals surface area (Å²) in [4.78, 5) is 20.2. The number of fused-ring (bicyclic) bond motifs is 1. The Balaban J connectivity index is 1.94. The average molecular weight is 307 g/mol. The first-order valence-corrected chi connectivity index (χ1v) is 7.25. The highest BCUT2D eigenvalue weighted by Crippen LogP contribution is 2.24. The minimum Gasteiger partial charge on any atom is -0.372 e. The van der Waals surface area contributed by atoms with Gasteiger partial charge in [-0.05, 0) is 30.3 Å². The zero-order chi connectivity index (χ0) is 16.2. The van der Waals surface area contributed by atoms with Gasteiger partial charge in [0.25, 0.3) is 0 Å². The second kappa shape index (κ2) is 6.31. The molecule has 6 heteroatoms. The number of carbonyl (C=O) groups is 1. The van der Waals surface area contributed by atoms with E-state index in [1.165, 1.54) is 6.92 Å². The van der Waals surface area contributed by atoms with E-state index in [-0.39, 0.29) is 5.91 Å². The lowest BCUT2D eigenvalue weighted by Crippen LogP contribution is -2.06. The van der Waals surface area contributed by atoms with E-state index in [0.717, 1.165) is 28.1 Å². The van der Waals surface area contributed by atoms with Crippen LogP contribution in [0.15, 0.2) is 48.5 Å². The number of rotatable bonds is 4. The predicted molar refractivity (Wildman–Crippen MR) is 93.1 cm³/mol. The third-order valence-electron chi connectivity index (χ3n) is 3.28. The van der Waals surface area contributed by atoms with Crippen LogP contribution < -0.4 is 16.0 Å². The van der Waals surface area contributed by atoms with Crippen molar-refractivity contribution in [2.75, 3.05) is 23.0 Å². The molecule has 6 nitrogen and oxygen atoms in total. The molecule has 3 N–H and O–H groups in total. The minimum atomic E-state index is -0.110. The first kappa shape index (κ1) is 14.8. The summed E-state index contributed by atoms with van der Waals surface area (Å²) < 4.78 is 0. The highest BCUT2D eigenvalue weighted by atomic mass is 16.1. The normalized spacial score (nSPS) is 10.3. The van der Waals surface area contributed by atoms with Crippen LogP contribution in [-0.4, -0.2) is 22.9 Å². The smallest absolute Gasteiger partial charge is 0.229 e. The minimum absolute atomic E-state index is 0.110. The van der Waals surface area contributed by atoms with Crippen LogP contribution in [0.25, 0.3) is 10.9 Å². The molecule has 0 saturated heterocycles. The number of aromatic nitrogens is 2. The van der Waals surface area contributed by atoms with Gasteiger partial charge in [-0.25, -0.2) is 4.98 Å². The van der Waals surface area contributed by atoms with Crippen molar-refractivity contribution in [2.45, 2.75) is 6.92 Å². The van der Waals surface area contributed by atoms with Gasteiger partial charge in [-0.3, -0.25) is 4.79 Å². The third-order valence-corrected chi connectivity index (χ3v) is 3.28. The molecule has 0 radical (unpaired) electrons. The Bertz CT molecular complexity index is 862. The fourth-order valence-corrected chi connectivity index (χ4v) is 2.33. The van der Waals surface area contributed by atoms with Gasteiger partial charge in [-0.15, -0.1) is 0 Å². The number of anilines is 4. The molecule has 1 amide bonds. The van der Waals surface area contributed by atoms with Crippen LogP contribution in [0.3, 0.4) is 0 Å². The summed E-state index contributed by atoms with van der Waals surface area (Å²) in [7, 11) is 1.83. The molecule has 0 unspecified atom stereocenters. The van der Waals surface area contributed by atoms with E-state index in [1.807, 2.05) is 55.6 Å². The topological polar surface area (TPSA) is 78.9 Å². The van der Waals surface area contributed by atoms with Gasteiger partial charge < -0.3 is 16.0 Å². The summed E-state index contributed by atoms with van der Waals surface area (Å²) in [6.07, 6.45) is 0. The molecule has 0 fully saturated rings. The number of para-hydroxylation sites is 1. The fraction of sp³-hybridized carbons (Fsp3) is 0.118. The Morgan fingerprint density at radius 3 is 2.57 bits per heavy atom. The molecule has 0 atom stereocenters. The van der Waals surface area contributed by atoms with Crippen LogP contribution in [-0.2, 0) is 4.79 Å². The number of carbonyl (C=O) groups excluding carboxylic acids is 1. The van der Waals surface area contributed by atoms with Crippen LogP contribution in [0.5, 0.6) is 0 Å². The molecule has 0 spiro atoms. The van der Waals surface area contributed by atoms with Gasteiger partial charge >= 0.3 is 0 Å². The Kier molecular flexibility index (Phi) is 4.05. The molecule has 1 heterocycles. The molecule has 2 aromatic carbocycles. The van der Waals surface area contributed by atoms with Crippen molar-refractivity contribution in [1.82, 2.24) is 9.97 Å². The average Bonchev–Trinajstić information content (AvgIpc) is 2.53. The van der Waals surface area contributed by atoms with Crippen LogP contribution in [0, 0.1) is 0 Å². The Morgan fingerprint density at radius 1 is 1.00 bits per heavy atom. The van der Waals surface area contributed by atoms with E-state index in [1.54, 1.807) is 0 Å². The first-order valence-electron chi connectivity index (χ1n) is 7.25. The number of amides is 1. The van der Waals surface area contributed by atoms with Crippen molar-refractivity contribution in [2.24, 2.45) is 0 Å².